The first kappa shape index (κ1) is 10.6. The number of nitriles is 1. The van der Waals surface area contributed by atoms with Crippen molar-refractivity contribution >= 4 is 12.0 Å². The zero-order valence-corrected chi connectivity index (χ0v) is 7.51. The third kappa shape index (κ3) is 2.25. The molecule has 1 aromatic carbocycles. The van der Waals surface area contributed by atoms with Crippen molar-refractivity contribution in [1.29, 1.82) is 5.26 Å². The van der Waals surface area contributed by atoms with Crippen molar-refractivity contribution in [2.24, 2.45) is 0 Å². The van der Waals surface area contributed by atoms with Gasteiger partial charge in [0.1, 0.15) is 11.5 Å². The zero-order valence-electron chi connectivity index (χ0n) is 7.51. The highest BCUT2D eigenvalue weighted by atomic mass is 16.4. The molecule has 0 saturated heterocycles. The highest BCUT2D eigenvalue weighted by Crippen LogP contribution is 2.29. The molecular formula is C10H7NO4. The van der Waals surface area contributed by atoms with Gasteiger partial charge in [-0.05, 0) is 18.2 Å². The van der Waals surface area contributed by atoms with Gasteiger partial charge in [-0.25, -0.2) is 4.79 Å². The van der Waals surface area contributed by atoms with Gasteiger partial charge in [-0.15, -0.1) is 0 Å². The van der Waals surface area contributed by atoms with Gasteiger partial charge in [0.15, 0.2) is 0 Å². The van der Waals surface area contributed by atoms with Gasteiger partial charge in [-0.1, -0.05) is 0 Å². The van der Waals surface area contributed by atoms with Gasteiger partial charge in [-0.2, -0.15) is 5.26 Å². The molecule has 1 aromatic rings. The molecule has 5 heteroatoms. The van der Waals surface area contributed by atoms with Crippen LogP contribution in [0.5, 0.6) is 11.5 Å². The molecule has 0 aromatic heterocycles. The molecule has 15 heavy (non-hydrogen) atoms. The zero-order chi connectivity index (χ0) is 11.4. The van der Waals surface area contributed by atoms with Crippen molar-refractivity contribution in [3.05, 3.63) is 29.3 Å². The van der Waals surface area contributed by atoms with Crippen LogP contribution in [0.1, 0.15) is 15.9 Å². The van der Waals surface area contributed by atoms with Crippen molar-refractivity contribution in [3.63, 3.8) is 0 Å². The van der Waals surface area contributed by atoms with E-state index in [1.165, 1.54) is 6.08 Å². The summed E-state index contributed by atoms with van der Waals surface area (Å²) in [4.78, 5) is 10.5. The first-order chi connectivity index (χ1) is 7.06. The first-order valence-corrected chi connectivity index (χ1v) is 3.91. The summed E-state index contributed by atoms with van der Waals surface area (Å²) >= 11 is 0. The number of aromatic hydroxyl groups is 2. The number of hydrogen-bond acceptors (Lipinski definition) is 4. The van der Waals surface area contributed by atoms with E-state index in [1.54, 1.807) is 6.07 Å². The standard InChI is InChI=1S/C10H7NO4/c11-3-1-2-7-8(12)4-6(10(14)15)5-9(7)13/h1-2,4-5,12-13H,(H,14,15). The summed E-state index contributed by atoms with van der Waals surface area (Å²) in [5.74, 6) is -2.03. The highest BCUT2D eigenvalue weighted by molar-refractivity contribution is 5.89. The van der Waals surface area contributed by atoms with Gasteiger partial charge in [0.25, 0.3) is 0 Å². The van der Waals surface area contributed by atoms with Crippen LogP contribution in [0, 0.1) is 11.3 Å². The second-order valence-corrected chi connectivity index (χ2v) is 2.70. The van der Waals surface area contributed by atoms with E-state index in [4.69, 9.17) is 10.4 Å². The summed E-state index contributed by atoms with van der Waals surface area (Å²) in [5.41, 5.74) is -0.208. The Labute approximate surface area is 85.1 Å². The second kappa shape index (κ2) is 4.15. The molecule has 0 aliphatic carbocycles. The fraction of sp³-hybridized carbons (Fsp3) is 0. The fourth-order valence-corrected chi connectivity index (χ4v) is 1.04. The van der Waals surface area contributed by atoms with Crippen molar-refractivity contribution < 1.29 is 20.1 Å². The summed E-state index contributed by atoms with van der Waals surface area (Å²) in [6.45, 7) is 0. The summed E-state index contributed by atoms with van der Waals surface area (Å²) in [6.07, 6.45) is 2.26. The molecule has 0 atom stereocenters. The topological polar surface area (TPSA) is 102 Å². The molecule has 0 heterocycles. The predicted molar refractivity (Wildman–Crippen MR) is 51.4 cm³/mol. The van der Waals surface area contributed by atoms with Gasteiger partial charge in [0.2, 0.25) is 0 Å². The molecule has 5 nitrogen and oxygen atoms in total. The van der Waals surface area contributed by atoms with Crippen LogP contribution in [0.4, 0.5) is 0 Å². The molecular weight excluding hydrogens is 198 g/mol. The van der Waals surface area contributed by atoms with Crippen LogP contribution in [0.25, 0.3) is 6.08 Å². The number of rotatable bonds is 2. The summed E-state index contributed by atoms with van der Waals surface area (Å²) < 4.78 is 0. The Bertz CT molecular complexity index is 448. The van der Waals surface area contributed by atoms with Gasteiger partial charge >= 0.3 is 5.97 Å². The number of carboxylic acid groups (broad SMARTS) is 1. The van der Waals surface area contributed by atoms with E-state index in [1.807, 2.05) is 0 Å². The average molecular weight is 205 g/mol. The Balaban J connectivity index is 3.28. The summed E-state index contributed by atoms with van der Waals surface area (Å²) in [5, 5.41) is 35.6. The van der Waals surface area contributed by atoms with Crippen LogP contribution in [-0.4, -0.2) is 21.3 Å². The minimum absolute atomic E-state index is 0.0153. The Morgan fingerprint density at radius 1 is 1.33 bits per heavy atom. The van der Waals surface area contributed by atoms with Crippen molar-refractivity contribution in [3.8, 4) is 17.6 Å². The number of benzene rings is 1. The predicted octanol–water partition coefficient (Wildman–Crippen LogP) is 1.33. The van der Waals surface area contributed by atoms with Crippen molar-refractivity contribution in [2.45, 2.75) is 0 Å². The minimum atomic E-state index is -1.25. The van der Waals surface area contributed by atoms with Gasteiger partial charge in [-0.3, -0.25) is 0 Å². The van der Waals surface area contributed by atoms with E-state index < -0.39 is 5.97 Å². The highest BCUT2D eigenvalue weighted by Gasteiger charge is 2.11. The van der Waals surface area contributed by atoms with E-state index in [2.05, 4.69) is 0 Å². The fourth-order valence-electron chi connectivity index (χ4n) is 1.04. The van der Waals surface area contributed by atoms with E-state index in [0.29, 0.717) is 0 Å². The maximum absolute atomic E-state index is 10.5. The number of phenols is 2. The minimum Gasteiger partial charge on any atom is -0.507 e. The number of nitrogens with zero attached hydrogens (tertiary/aromatic N) is 1. The third-order valence-corrected chi connectivity index (χ3v) is 1.71. The van der Waals surface area contributed by atoms with Gasteiger partial charge in [0.05, 0.1) is 17.2 Å². The molecule has 0 radical (unpaired) electrons. The van der Waals surface area contributed by atoms with E-state index in [9.17, 15) is 15.0 Å². The molecule has 76 valence electrons. The maximum Gasteiger partial charge on any atom is 0.335 e. The van der Waals surface area contributed by atoms with Crippen LogP contribution >= 0.6 is 0 Å². The number of carboxylic acids is 1. The van der Waals surface area contributed by atoms with E-state index in [-0.39, 0.29) is 22.6 Å². The smallest absolute Gasteiger partial charge is 0.335 e. The van der Waals surface area contributed by atoms with Crippen LogP contribution in [0.15, 0.2) is 18.2 Å². The first-order valence-electron chi connectivity index (χ1n) is 3.91. The van der Waals surface area contributed by atoms with Gasteiger partial charge in [0, 0.05) is 6.08 Å². The lowest BCUT2D eigenvalue weighted by Crippen LogP contribution is -1.96. The Hall–Kier alpha value is -2.48. The molecule has 0 bridgehead atoms. The van der Waals surface area contributed by atoms with Crippen LogP contribution < -0.4 is 0 Å². The lowest BCUT2D eigenvalue weighted by molar-refractivity contribution is 0.0696. The quantitative estimate of drug-likeness (QED) is 0.632. The van der Waals surface area contributed by atoms with Crippen LogP contribution in [0.3, 0.4) is 0 Å². The third-order valence-electron chi connectivity index (χ3n) is 1.71. The molecule has 0 aliphatic rings. The molecule has 0 spiro atoms. The molecule has 0 saturated carbocycles. The number of aromatic carboxylic acids is 1. The molecule has 0 aliphatic heterocycles. The molecule has 0 amide bonds. The van der Waals surface area contributed by atoms with E-state index >= 15 is 0 Å². The lowest BCUT2D eigenvalue weighted by Gasteiger charge is -2.03. The molecule has 0 unspecified atom stereocenters. The maximum atomic E-state index is 10.5. The van der Waals surface area contributed by atoms with E-state index in [0.717, 1.165) is 18.2 Å². The average Bonchev–Trinajstić information content (AvgIpc) is 2.16. The number of hydrogen-bond donors (Lipinski definition) is 3. The largest absolute Gasteiger partial charge is 0.507 e. The van der Waals surface area contributed by atoms with Crippen LogP contribution in [-0.2, 0) is 0 Å². The lowest BCUT2D eigenvalue weighted by atomic mass is 10.1. The summed E-state index contributed by atoms with van der Waals surface area (Å²) in [6, 6.07) is 3.69. The van der Waals surface area contributed by atoms with Crippen molar-refractivity contribution in [2.75, 3.05) is 0 Å². The van der Waals surface area contributed by atoms with Crippen LogP contribution in [0.2, 0.25) is 0 Å². The normalized spacial score (nSPS) is 10.1. The Morgan fingerprint density at radius 2 is 1.87 bits per heavy atom. The number of phenolic OH excluding ortho intramolecular Hbond substituents is 2. The number of carbonyl (C=O) groups is 1. The van der Waals surface area contributed by atoms with Gasteiger partial charge < -0.3 is 15.3 Å². The molecule has 3 N–H and O–H groups in total. The second-order valence-electron chi connectivity index (χ2n) is 2.70. The molecule has 1 rings (SSSR count). The number of allylic oxidation sites excluding steroid dienone is 1. The Morgan fingerprint density at radius 3 is 2.27 bits per heavy atom. The van der Waals surface area contributed by atoms with Crippen molar-refractivity contribution in [1.82, 2.24) is 0 Å². The summed E-state index contributed by atoms with van der Waals surface area (Å²) in [7, 11) is 0. The molecule has 0 fully saturated rings. The SMILES string of the molecule is N#CC=Cc1c(O)cc(C(=O)O)cc1O. The monoisotopic (exact) mass is 205 g/mol. The Kier molecular flexibility index (Phi) is 2.94.